The molecule has 0 aliphatic rings. The van der Waals surface area contributed by atoms with Crippen LogP contribution in [0.5, 0.6) is 0 Å². The molecule has 3 nitrogen and oxygen atoms in total. The molecule has 0 aliphatic heterocycles. The van der Waals surface area contributed by atoms with Gasteiger partial charge in [-0.25, -0.2) is 4.39 Å². The number of rotatable bonds is 5. The Hall–Kier alpha value is -2.07. The Kier molecular flexibility index (Phi) is 4.82. The predicted octanol–water partition coefficient (Wildman–Crippen LogP) is 2.80. The van der Waals surface area contributed by atoms with Crippen molar-refractivity contribution in [1.29, 1.82) is 10.5 Å². The predicted molar refractivity (Wildman–Crippen MR) is 59.1 cm³/mol. The normalized spacial score (nSPS) is 9.19. The molecule has 0 bridgehead atoms. The summed E-state index contributed by atoms with van der Waals surface area (Å²) in [4.78, 5) is 0. The molecule has 82 valence electrons. The fourth-order valence-corrected chi connectivity index (χ4v) is 1.32. The second-order valence-corrected chi connectivity index (χ2v) is 3.34. The summed E-state index contributed by atoms with van der Waals surface area (Å²) in [5.74, 6) is -0.411. The van der Waals surface area contributed by atoms with Gasteiger partial charge in [0.25, 0.3) is 0 Å². The van der Waals surface area contributed by atoms with Crippen molar-refractivity contribution in [3.05, 3.63) is 29.6 Å². The third-order valence-electron chi connectivity index (χ3n) is 2.13. The van der Waals surface area contributed by atoms with Crippen LogP contribution in [0.2, 0.25) is 0 Å². The lowest BCUT2D eigenvalue weighted by Gasteiger charge is -2.07. The van der Waals surface area contributed by atoms with Gasteiger partial charge in [-0.1, -0.05) is 0 Å². The van der Waals surface area contributed by atoms with E-state index in [4.69, 9.17) is 10.5 Å². The van der Waals surface area contributed by atoms with E-state index in [2.05, 4.69) is 11.4 Å². The van der Waals surface area contributed by atoms with Gasteiger partial charge in [0.1, 0.15) is 11.9 Å². The summed E-state index contributed by atoms with van der Waals surface area (Å²) < 4.78 is 12.8. The molecule has 0 atom stereocenters. The van der Waals surface area contributed by atoms with E-state index in [0.29, 0.717) is 24.2 Å². The van der Waals surface area contributed by atoms with Gasteiger partial charge in [0.2, 0.25) is 0 Å². The summed E-state index contributed by atoms with van der Waals surface area (Å²) in [7, 11) is 0. The van der Waals surface area contributed by atoms with Crippen molar-refractivity contribution < 1.29 is 4.39 Å². The molecule has 1 N–H and O–H groups in total. The number of nitriles is 2. The van der Waals surface area contributed by atoms with Crippen LogP contribution >= 0.6 is 0 Å². The smallest absolute Gasteiger partial charge is 0.124 e. The molecule has 4 heteroatoms. The minimum Gasteiger partial charge on any atom is -0.384 e. The highest BCUT2D eigenvalue weighted by molar-refractivity contribution is 5.57. The number of anilines is 1. The molecule has 0 spiro atoms. The van der Waals surface area contributed by atoms with Gasteiger partial charge in [0.15, 0.2) is 0 Å². The van der Waals surface area contributed by atoms with Crippen LogP contribution in [0.15, 0.2) is 18.2 Å². The monoisotopic (exact) mass is 217 g/mol. The fourth-order valence-electron chi connectivity index (χ4n) is 1.32. The van der Waals surface area contributed by atoms with Crippen LogP contribution < -0.4 is 5.32 Å². The van der Waals surface area contributed by atoms with Crippen LogP contribution in [-0.2, 0) is 0 Å². The number of halogens is 1. The highest BCUT2D eigenvalue weighted by atomic mass is 19.1. The van der Waals surface area contributed by atoms with E-state index in [9.17, 15) is 4.39 Å². The van der Waals surface area contributed by atoms with E-state index < -0.39 is 5.82 Å². The van der Waals surface area contributed by atoms with Crippen LogP contribution in [0.4, 0.5) is 10.1 Å². The van der Waals surface area contributed by atoms with E-state index in [1.807, 2.05) is 6.07 Å². The van der Waals surface area contributed by atoms with E-state index in [-0.39, 0.29) is 0 Å². The molecule has 16 heavy (non-hydrogen) atoms. The quantitative estimate of drug-likeness (QED) is 0.771. The number of benzene rings is 1. The van der Waals surface area contributed by atoms with Crippen LogP contribution in [0, 0.1) is 28.5 Å². The van der Waals surface area contributed by atoms with Crippen molar-refractivity contribution >= 4 is 5.69 Å². The first-order valence-electron chi connectivity index (χ1n) is 5.08. The molecule has 0 aliphatic carbocycles. The molecule has 0 heterocycles. The van der Waals surface area contributed by atoms with Crippen molar-refractivity contribution in [2.24, 2.45) is 0 Å². The number of hydrogen-bond acceptors (Lipinski definition) is 3. The lowest BCUT2D eigenvalue weighted by Crippen LogP contribution is -2.03. The van der Waals surface area contributed by atoms with Gasteiger partial charge >= 0.3 is 0 Å². The second-order valence-electron chi connectivity index (χ2n) is 3.34. The summed E-state index contributed by atoms with van der Waals surface area (Å²) in [5.41, 5.74) is 0.946. The molecule has 1 rings (SSSR count). The third kappa shape index (κ3) is 3.59. The van der Waals surface area contributed by atoms with Gasteiger partial charge in [0, 0.05) is 13.0 Å². The Morgan fingerprint density at radius 2 is 2.06 bits per heavy atom. The summed E-state index contributed by atoms with van der Waals surface area (Å²) in [6.07, 6.45) is 2.22. The van der Waals surface area contributed by atoms with Gasteiger partial charge in [-0.15, -0.1) is 0 Å². The van der Waals surface area contributed by atoms with E-state index in [1.54, 1.807) is 6.07 Å². The lowest BCUT2D eigenvalue weighted by atomic mass is 10.2. The van der Waals surface area contributed by atoms with Gasteiger partial charge in [0.05, 0.1) is 17.3 Å². The summed E-state index contributed by atoms with van der Waals surface area (Å²) in [6, 6.07) is 8.08. The molecular formula is C12H12FN3. The van der Waals surface area contributed by atoms with Crippen LogP contribution in [0.1, 0.15) is 24.8 Å². The number of unbranched alkanes of at least 4 members (excludes halogenated alkanes) is 2. The van der Waals surface area contributed by atoms with Crippen molar-refractivity contribution in [3.8, 4) is 12.1 Å². The lowest BCUT2D eigenvalue weighted by molar-refractivity contribution is 0.627. The number of hydrogen-bond donors (Lipinski definition) is 1. The minimum absolute atomic E-state index is 0.306. The maximum absolute atomic E-state index is 12.8. The van der Waals surface area contributed by atoms with E-state index >= 15 is 0 Å². The third-order valence-corrected chi connectivity index (χ3v) is 2.13. The topological polar surface area (TPSA) is 59.6 Å². The van der Waals surface area contributed by atoms with Gasteiger partial charge in [-0.3, -0.25) is 0 Å². The Morgan fingerprint density at radius 1 is 1.25 bits per heavy atom. The molecule has 1 aromatic rings. The molecule has 0 unspecified atom stereocenters. The standard InChI is InChI=1S/C12H12FN3/c13-11-4-5-12(10(8-11)9-15)16-7-3-1-2-6-14/h4-5,8,16H,1-3,7H2. The Bertz CT molecular complexity index is 429. The van der Waals surface area contributed by atoms with Gasteiger partial charge in [-0.2, -0.15) is 10.5 Å². The molecule has 0 aromatic heterocycles. The zero-order chi connectivity index (χ0) is 11.8. The zero-order valence-electron chi connectivity index (χ0n) is 8.83. The van der Waals surface area contributed by atoms with E-state index in [0.717, 1.165) is 12.8 Å². The summed E-state index contributed by atoms with van der Waals surface area (Å²) in [5, 5.41) is 20.2. The largest absolute Gasteiger partial charge is 0.384 e. The van der Waals surface area contributed by atoms with Crippen LogP contribution in [-0.4, -0.2) is 6.54 Å². The summed E-state index contributed by atoms with van der Waals surface area (Å²) >= 11 is 0. The maximum atomic E-state index is 12.8. The second kappa shape index (κ2) is 6.42. The Morgan fingerprint density at radius 3 is 2.75 bits per heavy atom. The molecule has 0 fully saturated rings. The van der Waals surface area contributed by atoms with Gasteiger partial charge in [-0.05, 0) is 31.0 Å². The summed E-state index contributed by atoms with van der Waals surface area (Å²) in [6.45, 7) is 0.683. The van der Waals surface area contributed by atoms with Crippen molar-refractivity contribution in [3.63, 3.8) is 0 Å². The average Bonchev–Trinajstić information content (AvgIpc) is 2.30. The Labute approximate surface area is 94.1 Å². The molecular weight excluding hydrogens is 205 g/mol. The van der Waals surface area contributed by atoms with Crippen molar-refractivity contribution in [2.75, 3.05) is 11.9 Å². The SMILES string of the molecule is N#CCCCCNc1ccc(F)cc1C#N. The average molecular weight is 217 g/mol. The zero-order valence-corrected chi connectivity index (χ0v) is 8.83. The Balaban J connectivity index is 2.48. The highest BCUT2D eigenvalue weighted by Crippen LogP contribution is 2.15. The van der Waals surface area contributed by atoms with E-state index in [1.165, 1.54) is 12.1 Å². The van der Waals surface area contributed by atoms with Crippen molar-refractivity contribution in [2.45, 2.75) is 19.3 Å². The van der Waals surface area contributed by atoms with Crippen LogP contribution in [0.3, 0.4) is 0 Å². The maximum Gasteiger partial charge on any atom is 0.124 e. The highest BCUT2D eigenvalue weighted by Gasteiger charge is 2.02. The van der Waals surface area contributed by atoms with Crippen LogP contribution in [0.25, 0.3) is 0 Å². The molecule has 0 saturated heterocycles. The minimum atomic E-state index is -0.411. The molecule has 0 amide bonds. The first-order valence-corrected chi connectivity index (χ1v) is 5.08. The van der Waals surface area contributed by atoms with Gasteiger partial charge < -0.3 is 5.32 Å². The van der Waals surface area contributed by atoms with Crippen molar-refractivity contribution in [1.82, 2.24) is 0 Å². The first kappa shape index (κ1) is 12.0. The number of nitrogens with one attached hydrogen (secondary N) is 1. The first-order chi connectivity index (χ1) is 7.77. The molecule has 1 aromatic carbocycles. The number of nitrogens with zero attached hydrogens (tertiary/aromatic N) is 2. The fraction of sp³-hybridized carbons (Fsp3) is 0.333. The molecule has 0 radical (unpaired) electrons. The molecule has 0 saturated carbocycles.